The first-order valence-electron chi connectivity index (χ1n) is 8.37. The van der Waals surface area contributed by atoms with E-state index >= 15 is 0 Å². The molecular weight excluding hydrogens is 348 g/mol. The van der Waals surface area contributed by atoms with E-state index in [0.29, 0.717) is 23.9 Å². The first-order valence-corrected chi connectivity index (χ1v) is 9.25. The van der Waals surface area contributed by atoms with Gasteiger partial charge in [-0.1, -0.05) is 6.07 Å². The topological polar surface area (TPSA) is 74.2 Å². The van der Waals surface area contributed by atoms with Crippen molar-refractivity contribution >= 4 is 33.9 Å². The minimum absolute atomic E-state index is 0.0267. The summed E-state index contributed by atoms with van der Waals surface area (Å²) in [5.41, 5.74) is 1.33. The summed E-state index contributed by atoms with van der Waals surface area (Å²) in [5, 5.41) is 5.65. The molecule has 8 heteroatoms. The van der Waals surface area contributed by atoms with Gasteiger partial charge in [0.05, 0.1) is 11.9 Å². The van der Waals surface area contributed by atoms with Crippen molar-refractivity contribution in [2.45, 2.75) is 0 Å². The summed E-state index contributed by atoms with van der Waals surface area (Å²) < 4.78 is 0. The van der Waals surface area contributed by atoms with Crippen LogP contribution in [0.2, 0.25) is 0 Å². The van der Waals surface area contributed by atoms with Crippen molar-refractivity contribution in [1.82, 2.24) is 19.9 Å². The molecule has 0 aromatic carbocycles. The second-order valence-corrected chi connectivity index (χ2v) is 6.73. The summed E-state index contributed by atoms with van der Waals surface area (Å²) in [6.45, 7) is 2.87. The lowest BCUT2D eigenvalue weighted by Gasteiger charge is -2.35. The average Bonchev–Trinajstić information content (AvgIpc) is 3.17. The fourth-order valence-electron chi connectivity index (χ4n) is 2.83. The molecule has 132 valence electrons. The number of nitrogens with one attached hydrogen (secondary N) is 1. The number of anilines is 3. The highest BCUT2D eigenvalue weighted by molar-refractivity contribution is 7.14. The quantitative estimate of drug-likeness (QED) is 0.765. The summed E-state index contributed by atoms with van der Waals surface area (Å²) in [5.74, 6) is 0.928. The Labute approximate surface area is 155 Å². The van der Waals surface area contributed by atoms with Crippen molar-refractivity contribution in [3.05, 3.63) is 60.0 Å². The Kier molecular flexibility index (Phi) is 4.74. The molecule has 1 saturated heterocycles. The minimum Gasteiger partial charge on any atom is -0.353 e. The summed E-state index contributed by atoms with van der Waals surface area (Å²) in [7, 11) is 0. The van der Waals surface area contributed by atoms with Crippen LogP contribution in [0.4, 0.5) is 16.6 Å². The number of nitrogens with zero attached hydrogens (tertiary/aromatic N) is 5. The van der Waals surface area contributed by atoms with E-state index in [1.165, 1.54) is 11.3 Å². The molecule has 26 heavy (non-hydrogen) atoms. The summed E-state index contributed by atoms with van der Waals surface area (Å²) in [4.78, 5) is 29.6. The van der Waals surface area contributed by atoms with Crippen LogP contribution in [0.3, 0.4) is 0 Å². The average molecular weight is 366 g/mol. The molecule has 4 rings (SSSR count). The van der Waals surface area contributed by atoms with Crippen LogP contribution in [-0.4, -0.2) is 51.9 Å². The molecule has 0 spiro atoms. The number of carbonyl (C=O) groups is 1. The third-order valence-corrected chi connectivity index (χ3v) is 4.93. The Hall–Kier alpha value is -3.00. The molecule has 0 unspecified atom stereocenters. The van der Waals surface area contributed by atoms with Gasteiger partial charge >= 0.3 is 0 Å². The minimum atomic E-state index is -0.0267. The summed E-state index contributed by atoms with van der Waals surface area (Å²) >= 11 is 1.42. The van der Waals surface area contributed by atoms with Crippen LogP contribution in [0.5, 0.6) is 0 Å². The third kappa shape index (κ3) is 3.65. The molecule has 1 aliphatic heterocycles. The predicted molar refractivity (Wildman–Crippen MR) is 102 cm³/mol. The van der Waals surface area contributed by atoms with Crippen LogP contribution >= 0.6 is 11.3 Å². The Morgan fingerprint density at radius 1 is 1.08 bits per heavy atom. The largest absolute Gasteiger partial charge is 0.353 e. The summed E-state index contributed by atoms with van der Waals surface area (Å²) in [6, 6.07) is 9.64. The third-order valence-electron chi connectivity index (χ3n) is 4.18. The van der Waals surface area contributed by atoms with Gasteiger partial charge in [-0.25, -0.2) is 9.97 Å². The van der Waals surface area contributed by atoms with Crippen LogP contribution in [0.25, 0.3) is 0 Å². The lowest BCUT2D eigenvalue weighted by Crippen LogP contribution is -2.49. The normalized spacial score (nSPS) is 14.3. The van der Waals surface area contributed by atoms with Crippen LogP contribution in [0, 0.1) is 0 Å². The van der Waals surface area contributed by atoms with Gasteiger partial charge in [-0.15, -0.1) is 11.3 Å². The molecule has 1 N–H and O–H groups in total. The number of rotatable bonds is 4. The number of carbonyl (C=O) groups excluding carboxylic acids is 1. The first-order chi connectivity index (χ1) is 12.8. The van der Waals surface area contributed by atoms with Crippen molar-refractivity contribution < 1.29 is 4.79 Å². The standard InChI is InChI=1S/C18H18N6OS/c25-17(15-13-26-18(22-15)21-14-4-3-6-19-12-14)24-10-8-23(9-11-24)16-5-1-2-7-20-16/h1-7,12-13H,8-11H2,(H,21,22). The molecular formula is C18H18N6OS. The number of thiazole rings is 1. The van der Waals surface area contributed by atoms with Gasteiger partial charge in [-0.3, -0.25) is 9.78 Å². The second-order valence-electron chi connectivity index (χ2n) is 5.87. The van der Waals surface area contributed by atoms with E-state index < -0.39 is 0 Å². The predicted octanol–water partition coefficient (Wildman–Crippen LogP) is 2.64. The van der Waals surface area contributed by atoms with Crippen molar-refractivity contribution in [2.75, 3.05) is 36.4 Å². The highest BCUT2D eigenvalue weighted by Crippen LogP contribution is 2.22. The number of amides is 1. The maximum absolute atomic E-state index is 12.7. The van der Waals surface area contributed by atoms with Gasteiger partial charge in [0.15, 0.2) is 5.13 Å². The van der Waals surface area contributed by atoms with E-state index in [4.69, 9.17) is 0 Å². The van der Waals surface area contributed by atoms with Gasteiger partial charge in [-0.2, -0.15) is 0 Å². The Bertz CT molecular complexity index is 862. The second kappa shape index (κ2) is 7.49. The molecule has 0 radical (unpaired) electrons. The van der Waals surface area contributed by atoms with E-state index in [1.54, 1.807) is 24.0 Å². The van der Waals surface area contributed by atoms with Crippen LogP contribution in [-0.2, 0) is 0 Å². The Morgan fingerprint density at radius 2 is 1.96 bits per heavy atom. The number of aromatic nitrogens is 3. The molecule has 1 aliphatic rings. The molecule has 1 amide bonds. The zero-order valence-electron chi connectivity index (χ0n) is 14.1. The van der Waals surface area contributed by atoms with Gasteiger partial charge in [0.1, 0.15) is 11.5 Å². The monoisotopic (exact) mass is 366 g/mol. The smallest absolute Gasteiger partial charge is 0.273 e. The van der Waals surface area contributed by atoms with E-state index in [9.17, 15) is 4.79 Å². The van der Waals surface area contributed by atoms with Gasteiger partial charge in [0, 0.05) is 44.0 Å². The SMILES string of the molecule is O=C(c1csc(Nc2cccnc2)n1)N1CCN(c2ccccn2)CC1. The molecule has 0 atom stereocenters. The van der Waals surface area contributed by atoms with E-state index in [0.717, 1.165) is 24.6 Å². The number of piperazine rings is 1. The van der Waals surface area contributed by atoms with E-state index in [2.05, 4.69) is 25.2 Å². The lowest BCUT2D eigenvalue weighted by molar-refractivity contribution is 0.0741. The van der Waals surface area contributed by atoms with E-state index in [1.807, 2.05) is 35.2 Å². The van der Waals surface area contributed by atoms with Crippen LogP contribution < -0.4 is 10.2 Å². The maximum atomic E-state index is 12.7. The van der Waals surface area contributed by atoms with Gasteiger partial charge in [0.25, 0.3) is 5.91 Å². The van der Waals surface area contributed by atoms with E-state index in [-0.39, 0.29) is 5.91 Å². The highest BCUT2D eigenvalue weighted by Gasteiger charge is 2.24. The van der Waals surface area contributed by atoms with Crippen molar-refractivity contribution in [3.63, 3.8) is 0 Å². The van der Waals surface area contributed by atoms with Crippen molar-refractivity contribution in [3.8, 4) is 0 Å². The molecule has 1 fully saturated rings. The molecule has 0 saturated carbocycles. The molecule has 0 bridgehead atoms. The zero-order valence-corrected chi connectivity index (χ0v) is 14.9. The molecule has 3 aromatic rings. The Balaban J connectivity index is 1.37. The fourth-order valence-corrected chi connectivity index (χ4v) is 3.54. The molecule has 0 aliphatic carbocycles. The zero-order chi connectivity index (χ0) is 17.8. The highest BCUT2D eigenvalue weighted by atomic mass is 32.1. The summed E-state index contributed by atoms with van der Waals surface area (Å²) in [6.07, 6.45) is 5.23. The molecule has 7 nitrogen and oxygen atoms in total. The molecule has 3 aromatic heterocycles. The van der Waals surface area contributed by atoms with Gasteiger partial charge < -0.3 is 15.1 Å². The van der Waals surface area contributed by atoms with Crippen molar-refractivity contribution in [1.29, 1.82) is 0 Å². The van der Waals surface area contributed by atoms with Crippen molar-refractivity contribution in [2.24, 2.45) is 0 Å². The van der Waals surface area contributed by atoms with Crippen LogP contribution in [0.1, 0.15) is 10.5 Å². The number of hydrogen-bond donors (Lipinski definition) is 1. The maximum Gasteiger partial charge on any atom is 0.273 e. The first kappa shape index (κ1) is 16.5. The molecule has 4 heterocycles. The fraction of sp³-hybridized carbons (Fsp3) is 0.222. The number of hydrogen-bond acceptors (Lipinski definition) is 7. The number of pyridine rings is 2. The lowest BCUT2D eigenvalue weighted by atomic mass is 10.3. The Morgan fingerprint density at radius 3 is 2.69 bits per heavy atom. The van der Waals surface area contributed by atoms with Gasteiger partial charge in [-0.05, 0) is 24.3 Å². The van der Waals surface area contributed by atoms with Crippen LogP contribution in [0.15, 0.2) is 54.3 Å². The van der Waals surface area contributed by atoms with Gasteiger partial charge in [0.2, 0.25) is 0 Å².